The number of imide groups is 1. The zero-order valence-corrected chi connectivity index (χ0v) is 18.5. The Hall–Kier alpha value is -4.53. The molecule has 0 unspecified atom stereocenters. The number of Topliss-reactive ketones (excluding diaryl/α,β-unsaturated/α-hetero) is 1. The summed E-state index contributed by atoms with van der Waals surface area (Å²) in [6.07, 6.45) is 5.14. The number of benzene rings is 2. The molecule has 6 rings (SSSR count). The van der Waals surface area contributed by atoms with Gasteiger partial charge in [-0.3, -0.25) is 24.5 Å². The molecule has 3 aliphatic rings. The van der Waals surface area contributed by atoms with Gasteiger partial charge < -0.3 is 9.32 Å². The van der Waals surface area contributed by atoms with Crippen molar-refractivity contribution in [3.05, 3.63) is 93.9 Å². The van der Waals surface area contributed by atoms with E-state index >= 15 is 0 Å². The molecule has 0 radical (unpaired) electrons. The van der Waals surface area contributed by atoms with Crippen LogP contribution in [0.4, 0.5) is 17.1 Å². The van der Waals surface area contributed by atoms with Gasteiger partial charge in [0.2, 0.25) is 17.6 Å². The van der Waals surface area contributed by atoms with Crippen molar-refractivity contribution in [2.24, 2.45) is 11.8 Å². The SMILES string of the molecule is Cc1ccc([N+](=O)[O-])cc1N1C(=O)[C@@H]2[C@H](C1=O)[C@H](C(=O)c1ccco1)N1c3ccccc3C=C[C@@H]21. The van der Waals surface area contributed by atoms with E-state index in [4.69, 9.17) is 4.42 Å². The Balaban J connectivity index is 1.50. The second kappa shape index (κ2) is 7.49. The molecule has 2 aromatic carbocycles. The molecule has 35 heavy (non-hydrogen) atoms. The first-order chi connectivity index (χ1) is 16.9. The van der Waals surface area contributed by atoms with E-state index in [2.05, 4.69) is 0 Å². The molecule has 1 aromatic heterocycles. The van der Waals surface area contributed by atoms with Gasteiger partial charge in [0.15, 0.2) is 5.76 Å². The normalized spacial score (nSPS) is 24.4. The van der Waals surface area contributed by atoms with Crippen LogP contribution in [-0.2, 0) is 9.59 Å². The number of carbonyl (C=O) groups is 3. The Morgan fingerprint density at radius 1 is 1.00 bits per heavy atom. The number of ketones is 1. The Morgan fingerprint density at radius 3 is 2.51 bits per heavy atom. The molecule has 4 atom stereocenters. The molecule has 9 nitrogen and oxygen atoms in total. The summed E-state index contributed by atoms with van der Waals surface area (Å²) in [5, 5.41) is 11.4. The number of rotatable bonds is 4. The molecule has 0 N–H and O–H groups in total. The van der Waals surface area contributed by atoms with Crippen LogP contribution in [0, 0.1) is 28.9 Å². The first-order valence-corrected chi connectivity index (χ1v) is 11.1. The van der Waals surface area contributed by atoms with E-state index in [9.17, 15) is 24.5 Å². The maximum atomic E-state index is 13.9. The van der Waals surface area contributed by atoms with E-state index in [1.165, 1.54) is 24.5 Å². The molecular formula is C26H19N3O6. The van der Waals surface area contributed by atoms with Crippen molar-refractivity contribution in [1.82, 2.24) is 0 Å². The number of fused-ring (bicyclic) bond motifs is 5. The highest BCUT2D eigenvalue weighted by molar-refractivity contribution is 6.25. The molecule has 2 amide bonds. The van der Waals surface area contributed by atoms with Crippen molar-refractivity contribution < 1.29 is 23.7 Å². The molecule has 3 aliphatic heterocycles. The number of anilines is 2. The molecular weight excluding hydrogens is 450 g/mol. The topological polar surface area (TPSA) is 114 Å². The number of nitro groups is 1. The van der Waals surface area contributed by atoms with Gasteiger partial charge in [-0.25, -0.2) is 4.90 Å². The van der Waals surface area contributed by atoms with Crippen LogP contribution < -0.4 is 9.80 Å². The zero-order valence-electron chi connectivity index (χ0n) is 18.5. The van der Waals surface area contributed by atoms with Crippen LogP contribution >= 0.6 is 0 Å². The quantitative estimate of drug-likeness (QED) is 0.247. The Morgan fingerprint density at radius 2 is 1.77 bits per heavy atom. The average molecular weight is 469 g/mol. The third kappa shape index (κ3) is 2.91. The summed E-state index contributed by atoms with van der Waals surface area (Å²) in [6.45, 7) is 1.68. The summed E-state index contributed by atoms with van der Waals surface area (Å²) in [6, 6.07) is 13.2. The number of hydrogen-bond donors (Lipinski definition) is 0. The summed E-state index contributed by atoms with van der Waals surface area (Å²) < 4.78 is 5.38. The average Bonchev–Trinajstić information content (AvgIpc) is 3.56. The van der Waals surface area contributed by atoms with E-state index in [-0.39, 0.29) is 17.1 Å². The molecule has 174 valence electrons. The van der Waals surface area contributed by atoms with Gasteiger partial charge >= 0.3 is 0 Å². The van der Waals surface area contributed by atoms with E-state index in [1.807, 2.05) is 41.3 Å². The minimum absolute atomic E-state index is 0.103. The van der Waals surface area contributed by atoms with Crippen molar-refractivity contribution in [2.75, 3.05) is 9.80 Å². The van der Waals surface area contributed by atoms with Gasteiger partial charge in [-0.1, -0.05) is 36.4 Å². The molecule has 0 aliphatic carbocycles. The Kier molecular flexibility index (Phi) is 4.50. The van der Waals surface area contributed by atoms with Crippen LogP contribution in [0.25, 0.3) is 6.08 Å². The Bertz CT molecular complexity index is 1440. The van der Waals surface area contributed by atoms with Gasteiger partial charge in [0.05, 0.1) is 34.8 Å². The molecule has 2 saturated heterocycles. The van der Waals surface area contributed by atoms with Crippen molar-refractivity contribution in [1.29, 1.82) is 0 Å². The second-order valence-corrected chi connectivity index (χ2v) is 8.89. The highest BCUT2D eigenvalue weighted by atomic mass is 16.6. The number of carbonyl (C=O) groups excluding carboxylic acids is 3. The molecule has 2 fully saturated rings. The fourth-order valence-corrected chi connectivity index (χ4v) is 5.57. The van der Waals surface area contributed by atoms with Gasteiger partial charge in [0, 0.05) is 17.8 Å². The summed E-state index contributed by atoms with van der Waals surface area (Å²) in [5.74, 6) is -3.11. The molecule has 0 bridgehead atoms. The third-order valence-corrected chi connectivity index (χ3v) is 7.09. The Labute approximate surface area is 199 Å². The van der Waals surface area contributed by atoms with Crippen LogP contribution in [0.3, 0.4) is 0 Å². The lowest BCUT2D eigenvalue weighted by Gasteiger charge is -2.36. The second-order valence-electron chi connectivity index (χ2n) is 8.89. The fraction of sp³-hybridized carbons (Fsp3) is 0.192. The highest BCUT2D eigenvalue weighted by Gasteiger charge is 2.64. The van der Waals surface area contributed by atoms with Crippen LogP contribution in [0.15, 0.2) is 71.4 Å². The van der Waals surface area contributed by atoms with Crippen molar-refractivity contribution in [2.45, 2.75) is 19.0 Å². The molecule has 4 heterocycles. The highest BCUT2D eigenvalue weighted by Crippen LogP contribution is 2.50. The third-order valence-electron chi connectivity index (χ3n) is 7.09. The van der Waals surface area contributed by atoms with E-state index in [1.54, 1.807) is 19.1 Å². The maximum absolute atomic E-state index is 13.9. The number of amides is 2. The fourth-order valence-electron chi connectivity index (χ4n) is 5.57. The van der Waals surface area contributed by atoms with Gasteiger partial charge in [-0.05, 0) is 36.2 Å². The number of hydrogen-bond acceptors (Lipinski definition) is 7. The van der Waals surface area contributed by atoms with Gasteiger partial charge in [-0.2, -0.15) is 0 Å². The number of nitro benzene ring substituents is 1. The van der Waals surface area contributed by atoms with Gasteiger partial charge in [0.25, 0.3) is 5.69 Å². The minimum atomic E-state index is -0.973. The van der Waals surface area contributed by atoms with E-state index in [0.29, 0.717) is 5.56 Å². The summed E-state index contributed by atoms with van der Waals surface area (Å²) in [5.41, 5.74) is 2.14. The predicted molar refractivity (Wildman–Crippen MR) is 126 cm³/mol. The van der Waals surface area contributed by atoms with Crippen LogP contribution in [0.5, 0.6) is 0 Å². The summed E-state index contributed by atoms with van der Waals surface area (Å²) in [7, 11) is 0. The van der Waals surface area contributed by atoms with Crippen molar-refractivity contribution >= 4 is 40.7 Å². The lowest BCUT2D eigenvalue weighted by molar-refractivity contribution is -0.384. The molecule has 0 spiro atoms. The first kappa shape index (κ1) is 21.0. The van der Waals surface area contributed by atoms with Gasteiger partial charge in [-0.15, -0.1) is 0 Å². The zero-order chi connectivity index (χ0) is 24.4. The minimum Gasteiger partial charge on any atom is -0.461 e. The smallest absolute Gasteiger partial charge is 0.271 e. The van der Waals surface area contributed by atoms with Crippen LogP contribution in [0.2, 0.25) is 0 Å². The van der Waals surface area contributed by atoms with Crippen LogP contribution in [0.1, 0.15) is 21.7 Å². The maximum Gasteiger partial charge on any atom is 0.271 e. The number of nitrogens with zero attached hydrogens (tertiary/aromatic N) is 3. The number of furan rings is 1. The van der Waals surface area contributed by atoms with E-state index in [0.717, 1.165) is 16.2 Å². The first-order valence-electron chi connectivity index (χ1n) is 11.1. The number of para-hydroxylation sites is 1. The molecule has 9 heteroatoms. The summed E-state index contributed by atoms with van der Waals surface area (Å²) in [4.78, 5) is 55.0. The number of non-ortho nitro benzene ring substituents is 1. The monoisotopic (exact) mass is 469 g/mol. The standard InChI is InChI=1S/C26H19N3O6/c1-14-8-10-16(29(33)34)13-19(14)28-25(31)21-18-11-9-15-5-2-3-6-17(15)27(18)23(22(21)26(28)32)24(30)20-7-4-12-35-20/h2-13,18,21-23H,1H3/t18-,21-,22-,23+/m0/s1. The van der Waals surface area contributed by atoms with Crippen molar-refractivity contribution in [3.63, 3.8) is 0 Å². The van der Waals surface area contributed by atoms with Crippen molar-refractivity contribution in [3.8, 4) is 0 Å². The lowest BCUT2D eigenvalue weighted by atomic mass is 9.87. The molecule has 0 saturated carbocycles. The predicted octanol–water partition coefficient (Wildman–Crippen LogP) is 3.77. The van der Waals surface area contributed by atoms with Gasteiger partial charge in [0.1, 0.15) is 6.04 Å². The molecule has 3 aromatic rings. The summed E-state index contributed by atoms with van der Waals surface area (Å²) >= 11 is 0. The van der Waals surface area contributed by atoms with Crippen LogP contribution in [-0.4, -0.2) is 34.6 Å². The number of aryl methyl sites for hydroxylation is 1. The largest absolute Gasteiger partial charge is 0.461 e. The lowest BCUT2D eigenvalue weighted by Crippen LogP contribution is -2.48. The van der Waals surface area contributed by atoms with E-state index < -0.39 is 46.4 Å².